The van der Waals surface area contributed by atoms with Crippen molar-refractivity contribution in [1.82, 2.24) is 10.9 Å². The molecule has 2 aromatic rings. The van der Waals surface area contributed by atoms with Crippen LogP contribution in [-0.2, 0) is 9.59 Å². The average molecular weight is 435 g/mol. The van der Waals surface area contributed by atoms with Gasteiger partial charge in [0.15, 0.2) is 13.2 Å². The molecule has 0 radical (unpaired) electrons. The summed E-state index contributed by atoms with van der Waals surface area (Å²) >= 11 is 3.38. The molecule has 0 unspecified atom stereocenters. The highest BCUT2D eigenvalue weighted by Crippen LogP contribution is 2.26. The first kappa shape index (κ1) is 20.8. The van der Waals surface area contributed by atoms with Gasteiger partial charge in [0, 0.05) is 0 Å². The van der Waals surface area contributed by atoms with Crippen molar-refractivity contribution in [2.45, 2.75) is 26.7 Å². The van der Waals surface area contributed by atoms with E-state index in [1.807, 2.05) is 43.3 Å². The number of rotatable bonds is 7. The minimum absolute atomic E-state index is 0.200. The number of carbonyl (C=O) groups excluding carboxylic acids is 2. The van der Waals surface area contributed by atoms with E-state index in [-0.39, 0.29) is 19.1 Å². The number of ether oxygens (including phenoxy) is 2. The zero-order valence-electron chi connectivity index (χ0n) is 15.5. The van der Waals surface area contributed by atoms with Gasteiger partial charge in [-0.05, 0) is 58.1 Å². The maximum absolute atomic E-state index is 11.9. The molecule has 0 aliphatic rings. The minimum Gasteiger partial charge on any atom is -0.483 e. The third-order valence-corrected chi connectivity index (χ3v) is 4.31. The number of para-hydroxylation sites is 1. The second kappa shape index (κ2) is 9.97. The summed E-state index contributed by atoms with van der Waals surface area (Å²) in [5.74, 6) is 0.552. The van der Waals surface area contributed by atoms with Crippen molar-refractivity contribution in [2.24, 2.45) is 0 Å². The normalized spacial score (nSPS) is 10.4. The topological polar surface area (TPSA) is 76.7 Å². The predicted molar refractivity (Wildman–Crippen MR) is 107 cm³/mol. The van der Waals surface area contributed by atoms with Crippen LogP contribution in [0.5, 0.6) is 11.5 Å². The number of hydrogen-bond acceptors (Lipinski definition) is 4. The van der Waals surface area contributed by atoms with Gasteiger partial charge in [0.05, 0.1) is 4.47 Å². The summed E-state index contributed by atoms with van der Waals surface area (Å²) in [4.78, 5) is 23.7. The molecule has 0 heterocycles. The number of halogens is 1. The summed E-state index contributed by atoms with van der Waals surface area (Å²) in [6.45, 7) is 5.63. The van der Waals surface area contributed by atoms with Crippen molar-refractivity contribution in [3.63, 3.8) is 0 Å². The predicted octanol–water partition coefficient (Wildman–Crippen LogP) is 3.49. The van der Waals surface area contributed by atoms with Crippen LogP contribution in [0.3, 0.4) is 0 Å². The minimum atomic E-state index is -0.474. The Bertz CT molecular complexity index is 808. The Morgan fingerprint density at radius 2 is 1.56 bits per heavy atom. The number of hydrazine groups is 1. The first-order valence-electron chi connectivity index (χ1n) is 8.55. The second-order valence-electron chi connectivity index (χ2n) is 6.30. The lowest BCUT2D eigenvalue weighted by Gasteiger charge is -2.14. The van der Waals surface area contributed by atoms with E-state index in [1.165, 1.54) is 0 Å². The number of amides is 2. The summed E-state index contributed by atoms with van der Waals surface area (Å²) in [6.07, 6.45) is 0. The zero-order valence-corrected chi connectivity index (χ0v) is 17.1. The van der Waals surface area contributed by atoms with Crippen molar-refractivity contribution in [3.05, 3.63) is 58.1 Å². The Morgan fingerprint density at radius 1 is 0.963 bits per heavy atom. The van der Waals surface area contributed by atoms with Gasteiger partial charge in [0.2, 0.25) is 0 Å². The monoisotopic (exact) mass is 434 g/mol. The molecule has 0 spiro atoms. The van der Waals surface area contributed by atoms with Gasteiger partial charge in [-0.15, -0.1) is 0 Å². The van der Waals surface area contributed by atoms with E-state index in [1.54, 1.807) is 6.07 Å². The van der Waals surface area contributed by atoms with Crippen LogP contribution in [0.1, 0.15) is 30.9 Å². The van der Waals surface area contributed by atoms with Gasteiger partial charge in [-0.25, -0.2) is 0 Å². The van der Waals surface area contributed by atoms with Crippen molar-refractivity contribution >= 4 is 27.7 Å². The molecule has 0 aliphatic heterocycles. The molecule has 0 bridgehead atoms. The van der Waals surface area contributed by atoms with Crippen LogP contribution in [-0.4, -0.2) is 25.0 Å². The fourth-order valence-electron chi connectivity index (χ4n) is 2.31. The number of aryl methyl sites for hydroxylation is 1. The van der Waals surface area contributed by atoms with Crippen LogP contribution in [0, 0.1) is 6.92 Å². The number of benzene rings is 2. The largest absolute Gasteiger partial charge is 0.483 e. The molecule has 0 aromatic heterocycles. The van der Waals surface area contributed by atoms with Crippen molar-refractivity contribution < 1.29 is 19.1 Å². The highest BCUT2D eigenvalue weighted by atomic mass is 79.9. The van der Waals surface area contributed by atoms with Crippen LogP contribution >= 0.6 is 15.9 Å². The molecule has 0 saturated carbocycles. The van der Waals surface area contributed by atoms with E-state index in [0.29, 0.717) is 11.5 Å². The van der Waals surface area contributed by atoms with Crippen molar-refractivity contribution in [3.8, 4) is 11.5 Å². The molecule has 27 heavy (non-hydrogen) atoms. The Morgan fingerprint density at radius 3 is 2.15 bits per heavy atom. The SMILES string of the molecule is Cc1ccc(OCC(=O)NNC(=O)COc2ccccc2C(C)C)c(Br)c1. The van der Waals surface area contributed by atoms with Gasteiger partial charge in [0.25, 0.3) is 11.8 Å². The third-order valence-electron chi connectivity index (χ3n) is 3.69. The van der Waals surface area contributed by atoms with Gasteiger partial charge >= 0.3 is 0 Å². The smallest absolute Gasteiger partial charge is 0.276 e. The Kier molecular flexibility index (Phi) is 7.67. The summed E-state index contributed by atoms with van der Waals surface area (Å²) in [6, 6.07) is 13.1. The standard InChI is InChI=1S/C20H23BrN2O4/c1-13(2)15-6-4-5-7-17(15)26-11-19(24)22-23-20(25)12-27-18-9-8-14(3)10-16(18)21/h4-10,13H,11-12H2,1-3H3,(H,22,24)(H,23,25). The molecule has 144 valence electrons. The molecule has 6 nitrogen and oxygen atoms in total. The van der Waals surface area contributed by atoms with E-state index in [4.69, 9.17) is 9.47 Å². The maximum Gasteiger partial charge on any atom is 0.276 e. The third kappa shape index (κ3) is 6.60. The second-order valence-corrected chi connectivity index (χ2v) is 7.15. The first-order chi connectivity index (χ1) is 12.9. The van der Waals surface area contributed by atoms with E-state index in [0.717, 1.165) is 15.6 Å². The Balaban J connectivity index is 1.74. The van der Waals surface area contributed by atoms with Crippen LogP contribution in [0.15, 0.2) is 46.9 Å². The van der Waals surface area contributed by atoms with E-state index in [9.17, 15) is 9.59 Å². The zero-order chi connectivity index (χ0) is 19.8. The first-order valence-corrected chi connectivity index (χ1v) is 9.34. The molecule has 0 atom stereocenters. The lowest BCUT2D eigenvalue weighted by Crippen LogP contribution is -2.45. The summed E-state index contributed by atoms with van der Waals surface area (Å²) in [5.41, 5.74) is 6.70. The number of carbonyl (C=O) groups is 2. The van der Waals surface area contributed by atoms with Gasteiger partial charge in [-0.2, -0.15) is 0 Å². The van der Waals surface area contributed by atoms with Gasteiger partial charge in [-0.3, -0.25) is 20.4 Å². The number of hydrogen-bond donors (Lipinski definition) is 2. The molecular formula is C20H23BrN2O4. The van der Waals surface area contributed by atoms with Gasteiger partial charge in [-0.1, -0.05) is 38.1 Å². The van der Waals surface area contributed by atoms with Crippen molar-refractivity contribution in [1.29, 1.82) is 0 Å². The van der Waals surface area contributed by atoms with Crippen LogP contribution in [0.2, 0.25) is 0 Å². The molecule has 2 aromatic carbocycles. The van der Waals surface area contributed by atoms with E-state index >= 15 is 0 Å². The Labute approximate surface area is 167 Å². The quantitative estimate of drug-likeness (QED) is 0.653. The van der Waals surface area contributed by atoms with Gasteiger partial charge in [0.1, 0.15) is 11.5 Å². The highest BCUT2D eigenvalue weighted by molar-refractivity contribution is 9.10. The molecule has 7 heteroatoms. The van der Waals surface area contributed by atoms with Gasteiger partial charge < -0.3 is 9.47 Å². The highest BCUT2D eigenvalue weighted by Gasteiger charge is 2.11. The fraction of sp³-hybridized carbons (Fsp3) is 0.300. The molecule has 2 amide bonds. The fourth-order valence-corrected chi connectivity index (χ4v) is 2.92. The summed E-state index contributed by atoms with van der Waals surface area (Å²) in [7, 11) is 0. The van der Waals surface area contributed by atoms with Crippen molar-refractivity contribution in [2.75, 3.05) is 13.2 Å². The lowest BCUT2D eigenvalue weighted by molar-refractivity contribution is -0.131. The molecule has 0 saturated heterocycles. The van der Waals surface area contributed by atoms with Crippen LogP contribution in [0.25, 0.3) is 0 Å². The van der Waals surface area contributed by atoms with E-state index in [2.05, 4.69) is 40.6 Å². The average Bonchev–Trinajstić information content (AvgIpc) is 2.64. The summed E-state index contributed by atoms with van der Waals surface area (Å²) in [5, 5.41) is 0. The summed E-state index contributed by atoms with van der Waals surface area (Å²) < 4.78 is 11.7. The molecule has 0 aliphatic carbocycles. The molecule has 0 fully saturated rings. The van der Waals surface area contributed by atoms with E-state index < -0.39 is 11.8 Å². The molecule has 2 N–H and O–H groups in total. The van der Waals surface area contributed by atoms with Crippen LogP contribution in [0.4, 0.5) is 0 Å². The Hall–Kier alpha value is -2.54. The molecule has 2 rings (SSSR count). The maximum atomic E-state index is 11.9. The number of nitrogens with one attached hydrogen (secondary N) is 2. The lowest BCUT2D eigenvalue weighted by atomic mass is 10.0. The molecular weight excluding hydrogens is 412 g/mol. The van der Waals surface area contributed by atoms with Crippen LogP contribution < -0.4 is 20.3 Å².